The molecule has 23 heavy (non-hydrogen) atoms. The molecule has 0 bridgehead atoms. The van der Waals surface area contributed by atoms with Crippen LogP contribution in [0.1, 0.15) is 18.1 Å². The molecule has 116 valence electrons. The van der Waals surface area contributed by atoms with E-state index in [1.165, 1.54) is 19.1 Å². The standard InChI is InChI=1S/C18H16N2O3/c1-13(21)16-9-15-10-17(20(22)23)7-8-18(15)19(12-16)11-14-5-3-2-4-6-14/h2-10H,11-12H2,1H3. The van der Waals surface area contributed by atoms with E-state index in [9.17, 15) is 14.9 Å². The summed E-state index contributed by atoms with van der Waals surface area (Å²) in [4.78, 5) is 24.4. The summed E-state index contributed by atoms with van der Waals surface area (Å²) >= 11 is 0. The molecule has 0 fully saturated rings. The fourth-order valence-corrected chi connectivity index (χ4v) is 2.74. The van der Waals surface area contributed by atoms with E-state index >= 15 is 0 Å². The second-order valence-corrected chi connectivity index (χ2v) is 5.57. The number of nitro benzene ring substituents is 1. The summed E-state index contributed by atoms with van der Waals surface area (Å²) in [6.07, 6.45) is 1.76. The SMILES string of the molecule is CC(=O)C1=Cc2cc([N+](=O)[O-])ccc2N(Cc2ccccc2)C1. The monoisotopic (exact) mass is 308 g/mol. The molecule has 1 aliphatic rings. The smallest absolute Gasteiger partial charge is 0.270 e. The predicted molar refractivity (Wildman–Crippen MR) is 89.2 cm³/mol. The average Bonchev–Trinajstić information content (AvgIpc) is 2.55. The summed E-state index contributed by atoms with van der Waals surface area (Å²) in [5, 5.41) is 11.0. The molecule has 5 nitrogen and oxygen atoms in total. The van der Waals surface area contributed by atoms with Crippen molar-refractivity contribution in [2.24, 2.45) is 0 Å². The van der Waals surface area contributed by atoms with Crippen molar-refractivity contribution in [3.63, 3.8) is 0 Å². The largest absolute Gasteiger partial charge is 0.362 e. The van der Waals surface area contributed by atoms with E-state index in [2.05, 4.69) is 4.90 Å². The first-order valence-electron chi connectivity index (χ1n) is 7.33. The second-order valence-electron chi connectivity index (χ2n) is 5.57. The summed E-state index contributed by atoms with van der Waals surface area (Å²) in [6, 6.07) is 14.7. The molecule has 5 heteroatoms. The molecule has 0 radical (unpaired) electrons. The van der Waals surface area contributed by atoms with Crippen molar-refractivity contribution < 1.29 is 9.72 Å². The molecule has 3 rings (SSSR count). The van der Waals surface area contributed by atoms with Crippen LogP contribution in [-0.4, -0.2) is 17.3 Å². The van der Waals surface area contributed by atoms with Crippen LogP contribution in [0.25, 0.3) is 6.08 Å². The van der Waals surface area contributed by atoms with Gasteiger partial charge in [-0.15, -0.1) is 0 Å². The molecule has 2 aromatic rings. The van der Waals surface area contributed by atoms with Crippen LogP contribution in [0.3, 0.4) is 0 Å². The molecule has 0 spiro atoms. The van der Waals surface area contributed by atoms with Gasteiger partial charge in [0.15, 0.2) is 5.78 Å². The molecule has 0 amide bonds. The highest BCUT2D eigenvalue weighted by atomic mass is 16.6. The van der Waals surface area contributed by atoms with Crippen molar-refractivity contribution in [3.05, 3.63) is 75.3 Å². The van der Waals surface area contributed by atoms with Crippen LogP contribution >= 0.6 is 0 Å². The topological polar surface area (TPSA) is 63.4 Å². The number of benzene rings is 2. The molecule has 0 saturated heterocycles. The van der Waals surface area contributed by atoms with Crippen LogP contribution in [0.15, 0.2) is 54.1 Å². The Balaban J connectivity index is 2.01. The molecule has 0 atom stereocenters. The minimum atomic E-state index is -0.419. The zero-order chi connectivity index (χ0) is 16.4. The number of fused-ring (bicyclic) bond motifs is 1. The highest BCUT2D eigenvalue weighted by Crippen LogP contribution is 2.33. The lowest BCUT2D eigenvalue weighted by molar-refractivity contribution is -0.384. The number of hydrogen-bond donors (Lipinski definition) is 0. The van der Waals surface area contributed by atoms with Crippen molar-refractivity contribution >= 4 is 23.2 Å². The lowest BCUT2D eigenvalue weighted by Crippen LogP contribution is -2.30. The highest BCUT2D eigenvalue weighted by molar-refractivity contribution is 6.01. The fraction of sp³-hybridized carbons (Fsp3) is 0.167. The number of anilines is 1. The first-order valence-corrected chi connectivity index (χ1v) is 7.33. The number of Topliss-reactive ketones (excluding diaryl/α,β-unsaturated/α-hetero) is 1. The Morgan fingerprint density at radius 3 is 2.61 bits per heavy atom. The number of non-ortho nitro benzene ring substituents is 1. The molecule has 0 unspecified atom stereocenters. The number of nitrogens with zero attached hydrogens (tertiary/aromatic N) is 2. The summed E-state index contributed by atoms with van der Waals surface area (Å²) in [7, 11) is 0. The second kappa shape index (κ2) is 6.04. The molecule has 0 saturated carbocycles. The normalized spacial score (nSPS) is 13.3. The molecule has 1 aliphatic heterocycles. The van der Waals surface area contributed by atoms with Crippen molar-refractivity contribution in [2.45, 2.75) is 13.5 Å². The minimum absolute atomic E-state index is 0.0137. The van der Waals surface area contributed by atoms with Gasteiger partial charge in [-0.1, -0.05) is 30.3 Å². The number of rotatable bonds is 4. The Labute approximate surface area is 134 Å². The quantitative estimate of drug-likeness (QED) is 0.639. The Morgan fingerprint density at radius 2 is 1.96 bits per heavy atom. The molecular formula is C18H16N2O3. The highest BCUT2D eigenvalue weighted by Gasteiger charge is 2.22. The number of ketones is 1. The van der Waals surface area contributed by atoms with Crippen LogP contribution in [0.4, 0.5) is 11.4 Å². The number of carbonyl (C=O) groups is 1. The lowest BCUT2D eigenvalue weighted by atomic mass is 9.99. The van der Waals surface area contributed by atoms with E-state index in [-0.39, 0.29) is 11.5 Å². The summed E-state index contributed by atoms with van der Waals surface area (Å²) < 4.78 is 0. The fourth-order valence-electron chi connectivity index (χ4n) is 2.74. The Bertz CT molecular complexity index is 797. The Hall–Kier alpha value is -2.95. The van der Waals surface area contributed by atoms with E-state index in [0.29, 0.717) is 24.2 Å². The zero-order valence-electron chi connectivity index (χ0n) is 12.7. The van der Waals surface area contributed by atoms with Crippen LogP contribution in [0.5, 0.6) is 0 Å². The predicted octanol–water partition coefficient (Wildman–Crippen LogP) is 3.59. The number of nitro groups is 1. The molecule has 2 aromatic carbocycles. The van der Waals surface area contributed by atoms with Crippen molar-refractivity contribution in [2.75, 3.05) is 11.4 Å². The summed E-state index contributed by atoms with van der Waals surface area (Å²) in [5.41, 5.74) is 3.44. The van der Waals surface area contributed by atoms with Crippen LogP contribution in [0, 0.1) is 10.1 Å². The van der Waals surface area contributed by atoms with Crippen LogP contribution < -0.4 is 4.90 Å². The van der Waals surface area contributed by atoms with Gasteiger partial charge in [-0.2, -0.15) is 0 Å². The lowest BCUT2D eigenvalue weighted by Gasteiger charge is -2.30. The molecule has 0 aromatic heterocycles. The van der Waals surface area contributed by atoms with E-state index in [4.69, 9.17) is 0 Å². The van der Waals surface area contributed by atoms with Crippen LogP contribution in [0.2, 0.25) is 0 Å². The van der Waals surface area contributed by atoms with E-state index in [0.717, 1.165) is 11.3 Å². The van der Waals surface area contributed by atoms with Gasteiger partial charge in [0.1, 0.15) is 0 Å². The first-order chi connectivity index (χ1) is 11.0. The molecular weight excluding hydrogens is 292 g/mol. The number of carbonyl (C=O) groups excluding carboxylic acids is 1. The molecule has 0 aliphatic carbocycles. The van der Waals surface area contributed by atoms with E-state index < -0.39 is 4.92 Å². The summed E-state index contributed by atoms with van der Waals surface area (Å²) in [6.45, 7) is 2.68. The zero-order valence-corrected chi connectivity index (χ0v) is 12.7. The van der Waals surface area contributed by atoms with Gasteiger partial charge in [0, 0.05) is 42.0 Å². The van der Waals surface area contributed by atoms with Crippen molar-refractivity contribution in [1.29, 1.82) is 0 Å². The molecule has 0 N–H and O–H groups in total. The van der Waals surface area contributed by atoms with Crippen LogP contribution in [-0.2, 0) is 11.3 Å². The minimum Gasteiger partial charge on any atom is -0.362 e. The third kappa shape index (κ3) is 3.13. The maximum Gasteiger partial charge on any atom is 0.270 e. The van der Waals surface area contributed by atoms with Gasteiger partial charge in [0.25, 0.3) is 5.69 Å². The average molecular weight is 308 g/mol. The summed E-state index contributed by atoms with van der Waals surface area (Å²) in [5.74, 6) is -0.0137. The van der Waals surface area contributed by atoms with Gasteiger partial charge >= 0.3 is 0 Å². The maximum absolute atomic E-state index is 11.8. The third-order valence-electron chi connectivity index (χ3n) is 3.92. The van der Waals surface area contributed by atoms with Crippen molar-refractivity contribution in [1.82, 2.24) is 0 Å². The van der Waals surface area contributed by atoms with Gasteiger partial charge in [0.05, 0.1) is 4.92 Å². The van der Waals surface area contributed by atoms with Gasteiger partial charge in [-0.05, 0) is 24.6 Å². The number of hydrogen-bond acceptors (Lipinski definition) is 4. The van der Waals surface area contributed by atoms with Crippen molar-refractivity contribution in [3.8, 4) is 0 Å². The maximum atomic E-state index is 11.8. The van der Waals surface area contributed by atoms with E-state index in [1.807, 2.05) is 30.3 Å². The molecule has 1 heterocycles. The van der Waals surface area contributed by atoms with Gasteiger partial charge < -0.3 is 4.90 Å². The Kier molecular flexibility index (Phi) is 3.93. The van der Waals surface area contributed by atoms with Gasteiger partial charge in [-0.3, -0.25) is 14.9 Å². The van der Waals surface area contributed by atoms with E-state index in [1.54, 1.807) is 12.1 Å². The first kappa shape index (κ1) is 15.0. The Morgan fingerprint density at radius 1 is 1.22 bits per heavy atom. The van der Waals surface area contributed by atoms with Gasteiger partial charge in [0.2, 0.25) is 0 Å². The third-order valence-corrected chi connectivity index (χ3v) is 3.92. The van der Waals surface area contributed by atoms with Gasteiger partial charge in [-0.25, -0.2) is 0 Å².